The van der Waals surface area contributed by atoms with E-state index >= 15 is 0 Å². The summed E-state index contributed by atoms with van der Waals surface area (Å²) in [5.41, 5.74) is 2.12. The van der Waals surface area contributed by atoms with Gasteiger partial charge in [0, 0.05) is 6.61 Å². The molecule has 0 saturated carbocycles. The maximum Gasteiger partial charge on any atom is 0.105 e. The number of hydrogen-bond acceptors (Lipinski definition) is 2. The van der Waals surface area contributed by atoms with Crippen molar-refractivity contribution in [2.45, 2.75) is 39.9 Å². The minimum atomic E-state index is -0.542. The average Bonchev–Trinajstić information content (AvgIpc) is 2.26. The SMILES string of the molecule is Cc1ccc(C(O)C(C)OCC(C)C)cc1. The summed E-state index contributed by atoms with van der Waals surface area (Å²) >= 11 is 0. The quantitative estimate of drug-likeness (QED) is 0.829. The van der Waals surface area contributed by atoms with Crippen molar-refractivity contribution in [2.24, 2.45) is 5.92 Å². The molecule has 2 heteroatoms. The van der Waals surface area contributed by atoms with E-state index in [4.69, 9.17) is 4.74 Å². The molecule has 2 atom stereocenters. The minimum absolute atomic E-state index is 0.162. The van der Waals surface area contributed by atoms with Gasteiger partial charge in [-0.25, -0.2) is 0 Å². The minimum Gasteiger partial charge on any atom is -0.386 e. The summed E-state index contributed by atoms with van der Waals surface area (Å²) in [6.07, 6.45) is -0.704. The number of rotatable bonds is 5. The molecular weight excluding hydrogens is 200 g/mol. The van der Waals surface area contributed by atoms with Gasteiger partial charge >= 0.3 is 0 Å². The Bertz CT molecular complexity index is 303. The third-order valence-electron chi connectivity index (χ3n) is 2.56. The summed E-state index contributed by atoms with van der Waals surface area (Å²) in [6.45, 7) is 8.84. The van der Waals surface area contributed by atoms with E-state index in [1.807, 2.05) is 38.1 Å². The smallest absolute Gasteiger partial charge is 0.105 e. The maximum atomic E-state index is 10.1. The molecule has 0 radical (unpaired) electrons. The number of hydrogen-bond donors (Lipinski definition) is 1. The van der Waals surface area contributed by atoms with Gasteiger partial charge in [-0.15, -0.1) is 0 Å². The van der Waals surface area contributed by atoms with Crippen molar-refractivity contribution < 1.29 is 9.84 Å². The van der Waals surface area contributed by atoms with Crippen LogP contribution in [0, 0.1) is 12.8 Å². The number of ether oxygens (including phenoxy) is 1. The second-order valence-electron chi connectivity index (χ2n) is 4.79. The average molecular weight is 222 g/mol. The largest absolute Gasteiger partial charge is 0.386 e. The summed E-state index contributed by atoms with van der Waals surface area (Å²) in [6, 6.07) is 7.92. The van der Waals surface area contributed by atoms with Crippen molar-refractivity contribution in [3.8, 4) is 0 Å². The van der Waals surface area contributed by atoms with E-state index in [1.54, 1.807) is 0 Å². The van der Waals surface area contributed by atoms with Gasteiger partial charge in [-0.05, 0) is 25.3 Å². The summed E-state index contributed by atoms with van der Waals surface area (Å²) < 4.78 is 5.60. The third kappa shape index (κ3) is 3.95. The Labute approximate surface area is 98.3 Å². The zero-order valence-electron chi connectivity index (χ0n) is 10.6. The molecule has 0 aliphatic carbocycles. The molecule has 16 heavy (non-hydrogen) atoms. The van der Waals surface area contributed by atoms with E-state index in [2.05, 4.69) is 13.8 Å². The van der Waals surface area contributed by atoms with Crippen LogP contribution in [0.2, 0.25) is 0 Å². The normalized spacial score (nSPS) is 15.1. The highest BCUT2D eigenvalue weighted by molar-refractivity contribution is 5.23. The van der Waals surface area contributed by atoms with Crippen LogP contribution in [0.15, 0.2) is 24.3 Å². The second-order valence-corrected chi connectivity index (χ2v) is 4.79. The molecule has 2 unspecified atom stereocenters. The van der Waals surface area contributed by atoms with Crippen LogP contribution in [0.3, 0.4) is 0 Å². The number of aliphatic hydroxyl groups excluding tert-OH is 1. The van der Waals surface area contributed by atoms with E-state index in [0.717, 1.165) is 5.56 Å². The predicted molar refractivity (Wildman–Crippen MR) is 66.4 cm³/mol. The number of benzene rings is 1. The Morgan fingerprint density at radius 3 is 2.19 bits per heavy atom. The van der Waals surface area contributed by atoms with Gasteiger partial charge in [-0.3, -0.25) is 0 Å². The molecule has 1 rings (SSSR count). The van der Waals surface area contributed by atoms with Gasteiger partial charge in [-0.1, -0.05) is 43.7 Å². The summed E-state index contributed by atoms with van der Waals surface area (Å²) in [5, 5.41) is 10.1. The van der Waals surface area contributed by atoms with E-state index < -0.39 is 6.10 Å². The molecule has 0 aromatic heterocycles. The van der Waals surface area contributed by atoms with Crippen LogP contribution in [-0.2, 0) is 4.74 Å². The number of aliphatic hydroxyl groups is 1. The van der Waals surface area contributed by atoms with Gasteiger partial charge in [0.15, 0.2) is 0 Å². The van der Waals surface area contributed by atoms with Crippen LogP contribution in [0.25, 0.3) is 0 Å². The predicted octanol–water partition coefficient (Wildman–Crippen LogP) is 3.09. The first-order valence-electron chi connectivity index (χ1n) is 5.87. The van der Waals surface area contributed by atoms with E-state index in [-0.39, 0.29) is 6.10 Å². The zero-order valence-corrected chi connectivity index (χ0v) is 10.6. The lowest BCUT2D eigenvalue weighted by Gasteiger charge is -2.21. The van der Waals surface area contributed by atoms with Crippen molar-refractivity contribution in [2.75, 3.05) is 6.61 Å². The molecule has 1 N–H and O–H groups in total. The molecule has 90 valence electrons. The monoisotopic (exact) mass is 222 g/mol. The summed E-state index contributed by atoms with van der Waals surface area (Å²) in [5.74, 6) is 0.493. The lowest BCUT2D eigenvalue weighted by molar-refractivity contribution is -0.0371. The highest BCUT2D eigenvalue weighted by Gasteiger charge is 2.16. The van der Waals surface area contributed by atoms with Crippen molar-refractivity contribution in [1.29, 1.82) is 0 Å². The van der Waals surface area contributed by atoms with Crippen molar-refractivity contribution >= 4 is 0 Å². The molecule has 0 heterocycles. The molecule has 0 aliphatic rings. The Morgan fingerprint density at radius 1 is 1.12 bits per heavy atom. The molecule has 0 amide bonds. The fourth-order valence-electron chi connectivity index (χ4n) is 1.47. The van der Waals surface area contributed by atoms with Crippen LogP contribution in [-0.4, -0.2) is 17.8 Å². The van der Waals surface area contributed by atoms with Gasteiger partial charge in [0.25, 0.3) is 0 Å². The Balaban J connectivity index is 2.56. The van der Waals surface area contributed by atoms with Crippen LogP contribution in [0.5, 0.6) is 0 Å². The standard InChI is InChI=1S/C14H22O2/c1-10(2)9-16-12(4)14(15)13-7-5-11(3)6-8-13/h5-8,10,12,14-15H,9H2,1-4H3. The Hall–Kier alpha value is -0.860. The van der Waals surface area contributed by atoms with E-state index in [9.17, 15) is 5.11 Å². The van der Waals surface area contributed by atoms with E-state index in [1.165, 1.54) is 5.56 Å². The molecule has 0 spiro atoms. The molecule has 1 aromatic carbocycles. The molecule has 0 fully saturated rings. The molecule has 1 aromatic rings. The molecule has 0 saturated heterocycles. The highest BCUT2D eigenvalue weighted by atomic mass is 16.5. The Kier molecular flexibility index (Phi) is 4.97. The van der Waals surface area contributed by atoms with Gasteiger partial charge in [0.1, 0.15) is 6.10 Å². The van der Waals surface area contributed by atoms with Gasteiger partial charge in [0.05, 0.1) is 6.10 Å². The van der Waals surface area contributed by atoms with Gasteiger partial charge in [0.2, 0.25) is 0 Å². The molecule has 0 aliphatic heterocycles. The first kappa shape index (κ1) is 13.2. The van der Waals surface area contributed by atoms with Gasteiger partial charge in [-0.2, -0.15) is 0 Å². The number of aryl methyl sites for hydroxylation is 1. The van der Waals surface area contributed by atoms with Crippen molar-refractivity contribution in [3.63, 3.8) is 0 Å². The summed E-state index contributed by atoms with van der Waals surface area (Å²) in [4.78, 5) is 0. The fraction of sp³-hybridized carbons (Fsp3) is 0.571. The van der Waals surface area contributed by atoms with Crippen molar-refractivity contribution in [1.82, 2.24) is 0 Å². The lowest BCUT2D eigenvalue weighted by atomic mass is 10.0. The molecular formula is C14H22O2. The first-order valence-corrected chi connectivity index (χ1v) is 5.87. The fourth-order valence-corrected chi connectivity index (χ4v) is 1.47. The van der Waals surface area contributed by atoms with Crippen molar-refractivity contribution in [3.05, 3.63) is 35.4 Å². The van der Waals surface area contributed by atoms with Crippen LogP contribution >= 0.6 is 0 Å². The molecule has 0 bridgehead atoms. The van der Waals surface area contributed by atoms with Crippen LogP contribution in [0.4, 0.5) is 0 Å². The summed E-state index contributed by atoms with van der Waals surface area (Å²) in [7, 11) is 0. The molecule has 2 nitrogen and oxygen atoms in total. The van der Waals surface area contributed by atoms with E-state index in [0.29, 0.717) is 12.5 Å². The maximum absolute atomic E-state index is 10.1. The highest BCUT2D eigenvalue weighted by Crippen LogP contribution is 2.19. The first-order chi connectivity index (χ1) is 7.50. The van der Waals surface area contributed by atoms with Crippen LogP contribution in [0.1, 0.15) is 38.0 Å². The zero-order chi connectivity index (χ0) is 12.1. The van der Waals surface area contributed by atoms with Gasteiger partial charge < -0.3 is 9.84 Å². The van der Waals surface area contributed by atoms with Crippen LogP contribution < -0.4 is 0 Å². The second kappa shape index (κ2) is 6.02. The topological polar surface area (TPSA) is 29.5 Å². The third-order valence-corrected chi connectivity index (χ3v) is 2.56. The Morgan fingerprint density at radius 2 is 1.69 bits per heavy atom. The lowest BCUT2D eigenvalue weighted by Crippen LogP contribution is -2.20.